The summed E-state index contributed by atoms with van der Waals surface area (Å²) in [5, 5.41) is 0. The second kappa shape index (κ2) is 6.08. The number of hydrogen-bond donors (Lipinski definition) is 0. The number of imidazole rings is 1. The van der Waals surface area contributed by atoms with Gasteiger partial charge < -0.3 is 0 Å². The fourth-order valence-electron chi connectivity index (χ4n) is 2.93. The number of hydrogen-bond acceptors (Lipinski definition) is 3. The number of aromatic nitrogens is 3. The van der Waals surface area contributed by atoms with Crippen LogP contribution < -0.4 is 0 Å². The summed E-state index contributed by atoms with van der Waals surface area (Å²) in [6, 6.07) is 17.8. The molecule has 2 aromatic heterocycles. The third-order valence-corrected chi connectivity index (χ3v) is 4.06. The van der Waals surface area contributed by atoms with Gasteiger partial charge in [0.25, 0.3) is 0 Å². The normalized spacial score (nSPS) is 12.1. The second-order valence-electron chi connectivity index (χ2n) is 5.56. The number of rotatable bonds is 0. The van der Waals surface area contributed by atoms with Crippen molar-refractivity contribution in [1.82, 2.24) is 14.4 Å². The molecule has 4 nitrogen and oxygen atoms in total. The molecule has 0 fully saturated rings. The highest BCUT2D eigenvalue weighted by Crippen LogP contribution is 2.32. The molecule has 0 spiro atoms. The Bertz CT molecular complexity index is 990. The molecule has 4 aromatic rings. The molecule has 2 aromatic carbocycles. The van der Waals surface area contributed by atoms with Crippen LogP contribution in [0.2, 0.25) is 0 Å². The van der Waals surface area contributed by atoms with E-state index in [0.29, 0.717) is 6.42 Å². The number of carbonyl (C=O) groups excluding carboxylic acids is 1. The van der Waals surface area contributed by atoms with E-state index in [1.165, 1.54) is 5.56 Å². The Morgan fingerprint density at radius 3 is 2.29 bits per heavy atom. The van der Waals surface area contributed by atoms with Crippen molar-refractivity contribution < 1.29 is 4.79 Å². The zero-order valence-electron chi connectivity index (χ0n) is 13.0. The Morgan fingerprint density at radius 2 is 1.46 bits per heavy atom. The maximum absolute atomic E-state index is 11.8. The molecule has 0 bridgehead atoms. The van der Waals surface area contributed by atoms with Crippen LogP contribution in [0.1, 0.15) is 15.9 Å². The van der Waals surface area contributed by atoms with E-state index in [1.807, 2.05) is 65.3 Å². The van der Waals surface area contributed by atoms with Crippen molar-refractivity contribution in [3.05, 3.63) is 90.5 Å². The minimum Gasteiger partial charge on any atom is -0.294 e. The lowest BCUT2D eigenvalue weighted by Gasteiger charge is -2.18. The molecule has 1 aliphatic carbocycles. The van der Waals surface area contributed by atoms with Gasteiger partial charge in [0, 0.05) is 36.8 Å². The van der Waals surface area contributed by atoms with Gasteiger partial charge >= 0.3 is 0 Å². The molecule has 1 aliphatic rings. The van der Waals surface area contributed by atoms with Gasteiger partial charge in [0.05, 0.1) is 0 Å². The molecule has 0 radical (unpaired) electrons. The predicted molar refractivity (Wildman–Crippen MR) is 92.9 cm³/mol. The first kappa shape index (κ1) is 14.3. The van der Waals surface area contributed by atoms with E-state index in [2.05, 4.69) is 16.0 Å². The molecule has 4 heteroatoms. The lowest BCUT2D eigenvalue weighted by atomic mass is 9.85. The van der Waals surface area contributed by atoms with Gasteiger partial charge in [-0.2, -0.15) is 0 Å². The SMILES string of the molecule is O=C1Cc2ccccc2-c2ccccc21.c1cnc2nccn2c1. The van der Waals surface area contributed by atoms with Crippen molar-refractivity contribution in [3.63, 3.8) is 0 Å². The summed E-state index contributed by atoms with van der Waals surface area (Å²) in [7, 11) is 0. The fraction of sp³-hybridized carbons (Fsp3) is 0.0500. The standard InChI is InChI=1S/C14H10O.C6H5N3/c15-14-9-10-5-1-2-6-11(10)12-7-3-4-8-13(12)14;1-2-7-6-8-3-5-9(6)4-1/h1-8H,9H2;1-5H. The molecular weight excluding hydrogens is 298 g/mol. The minimum absolute atomic E-state index is 0.226. The number of ketones is 1. The lowest BCUT2D eigenvalue weighted by molar-refractivity contribution is 0.0992. The summed E-state index contributed by atoms with van der Waals surface area (Å²) in [5.74, 6) is 0.974. The Labute approximate surface area is 139 Å². The van der Waals surface area contributed by atoms with Gasteiger partial charge in [-0.3, -0.25) is 9.20 Å². The smallest absolute Gasteiger partial charge is 0.233 e. The van der Waals surface area contributed by atoms with E-state index in [1.54, 1.807) is 12.4 Å². The highest BCUT2D eigenvalue weighted by atomic mass is 16.1. The summed E-state index contributed by atoms with van der Waals surface area (Å²) in [6.07, 6.45) is 7.76. The molecule has 0 amide bonds. The largest absolute Gasteiger partial charge is 0.294 e. The van der Waals surface area contributed by atoms with Crippen LogP contribution in [0.25, 0.3) is 16.9 Å². The minimum atomic E-state index is 0.226. The number of fused-ring (bicyclic) bond motifs is 4. The number of carbonyl (C=O) groups is 1. The summed E-state index contributed by atoms with van der Waals surface area (Å²) < 4.78 is 1.86. The zero-order chi connectivity index (χ0) is 16.4. The van der Waals surface area contributed by atoms with Gasteiger partial charge in [-0.05, 0) is 22.8 Å². The summed E-state index contributed by atoms with van der Waals surface area (Å²) in [6.45, 7) is 0. The zero-order valence-corrected chi connectivity index (χ0v) is 13.0. The van der Waals surface area contributed by atoms with Crippen LogP contribution in [0.4, 0.5) is 0 Å². The van der Waals surface area contributed by atoms with Crippen LogP contribution in [0.3, 0.4) is 0 Å². The number of nitrogens with zero attached hydrogens (tertiary/aromatic N) is 3. The molecule has 0 atom stereocenters. The Morgan fingerprint density at radius 1 is 0.750 bits per heavy atom. The lowest BCUT2D eigenvalue weighted by Crippen LogP contribution is -2.11. The maximum atomic E-state index is 11.8. The highest BCUT2D eigenvalue weighted by molar-refractivity contribution is 6.07. The molecule has 0 aliphatic heterocycles. The second-order valence-corrected chi connectivity index (χ2v) is 5.56. The average molecular weight is 313 g/mol. The number of Topliss-reactive ketones (excluding diaryl/α,β-unsaturated/α-hetero) is 1. The van der Waals surface area contributed by atoms with Crippen molar-refractivity contribution >= 4 is 11.6 Å². The van der Waals surface area contributed by atoms with Crippen LogP contribution in [0.5, 0.6) is 0 Å². The van der Waals surface area contributed by atoms with Gasteiger partial charge in [-0.25, -0.2) is 9.97 Å². The van der Waals surface area contributed by atoms with Crippen molar-refractivity contribution in [2.75, 3.05) is 0 Å². The Hall–Kier alpha value is -3.27. The van der Waals surface area contributed by atoms with Crippen LogP contribution in [-0.2, 0) is 6.42 Å². The van der Waals surface area contributed by atoms with Gasteiger partial charge in [0.2, 0.25) is 5.78 Å². The van der Waals surface area contributed by atoms with Crippen molar-refractivity contribution in [2.45, 2.75) is 6.42 Å². The van der Waals surface area contributed by atoms with Crippen LogP contribution >= 0.6 is 0 Å². The van der Waals surface area contributed by atoms with Gasteiger partial charge in [-0.1, -0.05) is 48.5 Å². The van der Waals surface area contributed by atoms with Crippen molar-refractivity contribution in [3.8, 4) is 11.1 Å². The van der Waals surface area contributed by atoms with E-state index in [0.717, 1.165) is 22.5 Å². The van der Waals surface area contributed by atoms with E-state index in [9.17, 15) is 4.79 Å². The van der Waals surface area contributed by atoms with Crippen molar-refractivity contribution in [2.24, 2.45) is 0 Å². The topological polar surface area (TPSA) is 47.3 Å². The van der Waals surface area contributed by atoms with Crippen molar-refractivity contribution in [1.29, 1.82) is 0 Å². The van der Waals surface area contributed by atoms with Crippen LogP contribution in [0.15, 0.2) is 79.4 Å². The van der Waals surface area contributed by atoms with Crippen LogP contribution in [0, 0.1) is 0 Å². The third kappa shape index (κ3) is 2.58. The fourth-order valence-corrected chi connectivity index (χ4v) is 2.93. The van der Waals surface area contributed by atoms with Gasteiger partial charge in [0.15, 0.2) is 5.78 Å². The van der Waals surface area contributed by atoms with Gasteiger partial charge in [0.1, 0.15) is 0 Å². The summed E-state index contributed by atoms with van der Waals surface area (Å²) in [4.78, 5) is 19.8. The average Bonchev–Trinajstić information content (AvgIpc) is 3.11. The first-order chi connectivity index (χ1) is 11.8. The Balaban J connectivity index is 0.000000138. The van der Waals surface area contributed by atoms with E-state index in [4.69, 9.17) is 0 Å². The first-order valence-electron chi connectivity index (χ1n) is 7.77. The van der Waals surface area contributed by atoms with E-state index in [-0.39, 0.29) is 5.78 Å². The third-order valence-electron chi connectivity index (χ3n) is 4.06. The van der Waals surface area contributed by atoms with E-state index < -0.39 is 0 Å². The monoisotopic (exact) mass is 313 g/mol. The molecule has 0 saturated heterocycles. The highest BCUT2D eigenvalue weighted by Gasteiger charge is 2.20. The maximum Gasteiger partial charge on any atom is 0.233 e. The van der Waals surface area contributed by atoms with E-state index >= 15 is 0 Å². The predicted octanol–water partition coefficient (Wildman–Crippen LogP) is 3.82. The Kier molecular flexibility index (Phi) is 3.63. The van der Waals surface area contributed by atoms with Gasteiger partial charge in [-0.15, -0.1) is 0 Å². The molecule has 0 N–H and O–H groups in total. The number of benzene rings is 2. The first-order valence-corrected chi connectivity index (χ1v) is 7.77. The molecule has 2 heterocycles. The summed E-state index contributed by atoms with van der Waals surface area (Å²) in [5.41, 5.74) is 4.27. The molecule has 116 valence electrons. The molecule has 24 heavy (non-hydrogen) atoms. The van der Waals surface area contributed by atoms with Crippen LogP contribution in [-0.4, -0.2) is 20.2 Å². The molecule has 0 saturated carbocycles. The molecule has 0 unspecified atom stereocenters. The summed E-state index contributed by atoms with van der Waals surface area (Å²) >= 11 is 0. The molecule has 5 rings (SSSR count). The quantitative estimate of drug-likeness (QED) is 0.496. The molecular formula is C20H15N3O.